The zero-order valence-corrected chi connectivity index (χ0v) is 16.4. The number of aromatic amines is 1. The van der Waals surface area contributed by atoms with E-state index in [0.29, 0.717) is 22.3 Å². The van der Waals surface area contributed by atoms with Gasteiger partial charge >= 0.3 is 5.97 Å². The topological polar surface area (TPSA) is 64.2 Å². The third kappa shape index (κ3) is 3.72. The largest absolute Gasteiger partial charge is 0.494 e. The zero-order valence-electron chi connectivity index (χ0n) is 16.4. The number of nitrogens with one attached hydrogen (secondary N) is 1. The summed E-state index contributed by atoms with van der Waals surface area (Å²) in [5.74, 6) is 0.986. The first-order valence-electron chi connectivity index (χ1n) is 9.45. The number of nitrogens with zero attached hydrogens (tertiary/aromatic N) is 1. The molecule has 5 heteroatoms. The number of methoxy groups -OCH3 is 2. The van der Waals surface area contributed by atoms with Crippen LogP contribution in [0.15, 0.2) is 72.8 Å². The fraction of sp³-hybridized carbons (Fsp3) is 0.167. The lowest BCUT2D eigenvalue weighted by Gasteiger charge is -2.15. The van der Waals surface area contributed by atoms with Crippen LogP contribution in [-0.2, 0) is 11.2 Å². The van der Waals surface area contributed by atoms with Crippen molar-refractivity contribution < 1.29 is 14.3 Å². The van der Waals surface area contributed by atoms with Crippen LogP contribution in [0.3, 0.4) is 0 Å². The molecular formula is C24H22N2O3. The fourth-order valence-electron chi connectivity index (χ4n) is 3.60. The molecule has 4 aromatic rings. The monoisotopic (exact) mass is 386 g/mol. The van der Waals surface area contributed by atoms with Gasteiger partial charge in [0.05, 0.1) is 25.3 Å². The molecule has 0 spiro atoms. The van der Waals surface area contributed by atoms with Gasteiger partial charge in [-0.05, 0) is 29.7 Å². The van der Waals surface area contributed by atoms with Gasteiger partial charge in [-0.25, -0.2) is 9.78 Å². The van der Waals surface area contributed by atoms with E-state index in [4.69, 9.17) is 14.5 Å². The second-order valence-electron chi connectivity index (χ2n) is 6.81. The fourth-order valence-corrected chi connectivity index (χ4v) is 3.60. The van der Waals surface area contributed by atoms with Gasteiger partial charge in [0.1, 0.15) is 17.1 Å². The molecule has 0 radical (unpaired) electrons. The molecular weight excluding hydrogens is 364 g/mol. The summed E-state index contributed by atoms with van der Waals surface area (Å²) in [4.78, 5) is 20.5. The number of hydrogen-bond acceptors (Lipinski definition) is 4. The van der Waals surface area contributed by atoms with E-state index in [-0.39, 0.29) is 5.92 Å². The van der Waals surface area contributed by atoms with Crippen LogP contribution in [0.1, 0.15) is 33.2 Å². The van der Waals surface area contributed by atoms with Gasteiger partial charge in [0.25, 0.3) is 0 Å². The minimum absolute atomic E-state index is 0.00111. The molecule has 0 amide bonds. The van der Waals surface area contributed by atoms with Crippen LogP contribution in [0.5, 0.6) is 5.75 Å². The smallest absolute Gasteiger partial charge is 0.340 e. The number of ether oxygens (including phenoxy) is 2. The van der Waals surface area contributed by atoms with Crippen molar-refractivity contribution in [3.63, 3.8) is 0 Å². The molecule has 0 saturated heterocycles. The molecule has 0 saturated carbocycles. The van der Waals surface area contributed by atoms with Crippen LogP contribution in [0.2, 0.25) is 0 Å². The van der Waals surface area contributed by atoms with Crippen LogP contribution >= 0.6 is 0 Å². The Kier molecular flexibility index (Phi) is 5.29. The molecule has 0 aliphatic rings. The van der Waals surface area contributed by atoms with E-state index >= 15 is 0 Å². The summed E-state index contributed by atoms with van der Waals surface area (Å²) in [7, 11) is 2.97. The summed E-state index contributed by atoms with van der Waals surface area (Å²) in [6, 6.07) is 24.0. The minimum Gasteiger partial charge on any atom is -0.494 e. The van der Waals surface area contributed by atoms with Crippen molar-refractivity contribution in [1.29, 1.82) is 0 Å². The van der Waals surface area contributed by atoms with Gasteiger partial charge in [0.15, 0.2) is 0 Å². The number of carbonyl (C=O) groups is 1. The highest BCUT2D eigenvalue weighted by Crippen LogP contribution is 2.33. The third-order valence-corrected chi connectivity index (χ3v) is 5.07. The van der Waals surface area contributed by atoms with Crippen molar-refractivity contribution in [3.8, 4) is 5.75 Å². The summed E-state index contributed by atoms with van der Waals surface area (Å²) in [6.07, 6.45) is 0.778. The second kappa shape index (κ2) is 8.19. The number of H-pyrrole nitrogens is 1. The number of hydrogen-bond donors (Lipinski definition) is 1. The third-order valence-electron chi connectivity index (χ3n) is 5.07. The first-order valence-corrected chi connectivity index (χ1v) is 9.45. The van der Waals surface area contributed by atoms with Crippen LogP contribution in [-0.4, -0.2) is 30.2 Å². The van der Waals surface area contributed by atoms with Gasteiger partial charge in [-0.1, -0.05) is 60.7 Å². The maximum absolute atomic E-state index is 12.3. The summed E-state index contributed by atoms with van der Waals surface area (Å²) >= 11 is 0. The molecule has 1 atom stereocenters. The molecule has 146 valence electrons. The Morgan fingerprint density at radius 1 is 0.966 bits per heavy atom. The van der Waals surface area contributed by atoms with Gasteiger partial charge in [0, 0.05) is 5.92 Å². The van der Waals surface area contributed by atoms with Crippen molar-refractivity contribution in [2.75, 3.05) is 14.2 Å². The average molecular weight is 386 g/mol. The van der Waals surface area contributed by atoms with Crippen LogP contribution < -0.4 is 4.74 Å². The molecule has 0 bridgehead atoms. The van der Waals surface area contributed by atoms with Crippen molar-refractivity contribution in [2.45, 2.75) is 12.3 Å². The number of fused-ring (bicyclic) bond motifs is 1. The maximum atomic E-state index is 12.3. The Hall–Kier alpha value is -3.60. The minimum atomic E-state index is -0.410. The average Bonchev–Trinajstić information content (AvgIpc) is 3.22. The van der Waals surface area contributed by atoms with E-state index in [0.717, 1.165) is 17.8 Å². The highest BCUT2D eigenvalue weighted by atomic mass is 16.5. The van der Waals surface area contributed by atoms with Crippen molar-refractivity contribution in [3.05, 3.63) is 95.3 Å². The maximum Gasteiger partial charge on any atom is 0.340 e. The van der Waals surface area contributed by atoms with Crippen LogP contribution in [0, 0.1) is 0 Å². The molecule has 4 rings (SSSR count). The summed E-state index contributed by atoms with van der Waals surface area (Å²) in [5.41, 5.74) is 4.05. The Morgan fingerprint density at radius 3 is 2.31 bits per heavy atom. The summed E-state index contributed by atoms with van der Waals surface area (Å²) < 4.78 is 10.4. The van der Waals surface area contributed by atoms with Crippen molar-refractivity contribution >= 4 is 17.0 Å². The summed E-state index contributed by atoms with van der Waals surface area (Å²) in [6.45, 7) is 0. The molecule has 3 aromatic carbocycles. The molecule has 29 heavy (non-hydrogen) atoms. The Labute approximate surface area is 169 Å². The molecule has 0 fully saturated rings. The number of carbonyl (C=O) groups excluding carboxylic acids is 1. The molecule has 0 aliphatic carbocycles. The second-order valence-corrected chi connectivity index (χ2v) is 6.81. The lowest BCUT2D eigenvalue weighted by Crippen LogP contribution is -2.07. The van der Waals surface area contributed by atoms with Gasteiger partial charge in [0.2, 0.25) is 0 Å². The summed E-state index contributed by atoms with van der Waals surface area (Å²) in [5, 5.41) is 0. The lowest BCUT2D eigenvalue weighted by atomic mass is 9.91. The van der Waals surface area contributed by atoms with E-state index < -0.39 is 5.97 Å². The molecule has 1 heterocycles. The predicted octanol–water partition coefficient (Wildman–Crippen LogP) is 4.73. The Balaban J connectivity index is 1.87. The Morgan fingerprint density at radius 2 is 1.66 bits per heavy atom. The Bertz CT molecular complexity index is 1120. The van der Waals surface area contributed by atoms with E-state index in [9.17, 15) is 4.79 Å². The number of aromatic nitrogens is 2. The van der Waals surface area contributed by atoms with Crippen molar-refractivity contribution in [1.82, 2.24) is 9.97 Å². The standard InChI is InChI=1S/C24H22N2O3/c1-28-20-14-13-18(24(27)29-2)21-22(20)26-23(25-21)19(17-11-7-4-8-12-17)15-16-9-5-3-6-10-16/h3-14,19H,15H2,1-2H3,(H,25,26). The normalized spacial score (nSPS) is 11.9. The van der Waals surface area contributed by atoms with Gasteiger partial charge in [-0.3, -0.25) is 0 Å². The van der Waals surface area contributed by atoms with E-state index in [2.05, 4.69) is 29.2 Å². The number of esters is 1. The number of rotatable bonds is 6. The molecule has 0 aliphatic heterocycles. The van der Waals surface area contributed by atoms with E-state index in [1.165, 1.54) is 12.7 Å². The highest BCUT2D eigenvalue weighted by molar-refractivity contribution is 6.03. The van der Waals surface area contributed by atoms with E-state index in [1.807, 2.05) is 36.4 Å². The molecule has 1 unspecified atom stereocenters. The van der Waals surface area contributed by atoms with Gasteiger partial charge < -0.3 is 14.5 Å². The number of benzene rings is 3. The number of imidazole rings is 1. The molecule has 5 nitrogen and oxygen atoms in total. The molecule has 1 N–H and O–H groups in total. The molecule has 1 aromatic heterocycles. The SMILES string of the molecule is COC(=O)c1ccc(OC)c2nc(C(Cc3ccccc3)c3ccccc3)[nH]c12. The quantitative estimate of drug-likeness (QED) is 0.487. The first-order chi connectivity index (χ1) is 14.2. The van der Waals surface area contributed by atoms with Crippen molar-refractivity contribution in [2.24, 2.45) is 0 Å². The van der Waals surface area contributed by atoms with Gasteiger partial charge in [-0.2, -0.15) is 0 Å². The van der Waals surface area contributed by atoms with E-state index in [1.54, 1.807) is 19.2 Å². The lowest BCUT2D eigenvalue weighted by molar-refractivity contribution is 0.0603. The van der Waals surface area contributed by atoms with Crippen LogP contribution in [0.4, 0.5) is 0 Å². The van der Waals surface area contributed by atoms with Gasteiger partial charge in [-0.15, -0.1) is 0 Å². The highest BCUT2D eigenvalue weighted by Gasteiger charge is 2.23. The van der Waals surface area contributed by atoms with Crippen LogP contribution in [0.25, 0.3) is 11.0 Å². The predicted molar refractivity (Wildman–Crippen MR) is 112 cm³/mol. The first kappa shape index (κ1) is 18.7. The zero-order chi connectivity index (χ0) is 20.2.